The molecule has 0 fully saturated rings. The van der Waals surface area contributed by atoms with E-state index in [1.165, 1.54) is 25.1 Å². The summed E-state index contributed by atoms with van der Waals surface area (Å²) in [5.74, 6) is 1.25. The average Bonchev–Trinajstić information content (AvgIpc) is 2.15. The Hall–Kier alpha value is 0.270. The van der Waals surface area contributed by atoms with Crippen molar-refractivity contribution >= 4 is 11.8 Å². The van der Waals surface area contributed by atoms with Crippen LogP contribution in [0.2, 0.25) is 0 Å². The van der Waals surface area contributed by atoms with Crippen molar-refractivity contribution < 1.29 is 0 Å². The summed E-state index contributed by atoms with van der Waals surface area (Å²) < 4.78 is 0. The van der Waals surface area contributed by atoms with Crippen molar-refractivity contribution in [2.24, 2.45) is 0 Å². The van der Waals surface area contributed by atoms with Crippen LogP contribution >= 0.6 is 11.8 Å². The fraction of sp³-hybridized carbons (Fsp3) is 1.00. The number of nitrogens with one attached hydrogen (secondary N) is 1. The predicted octanol–water partition coefficient (Wildman–Crippen LogP) is 2.06. The molecule has 0 aromatic rings. The molecule has 86 valence electrons. The maximum atomic E-state index is 3.47. The minimum Gasteiger partial charge on any atom is -0.316 e. The third kappa shape index (κ3) is 10.4. The highest BCUT2D eigenvalue weighted by molar-refractivity contribution is 7.99. The van der Waals surface area contributed by atoms with E-state index < -0.39 is 0 Å². The van der Waals surface area contributed by atoms with Crippen LogP contribution in [0.5, 0.6) is 0 Å². The molecule has 0 heterocycles. The summed E-state index contributed by atoms with van der Waals surface area (Å²) in [6.45, 7) is 8.05. The zero-order chi connectivity index (χ0) is 10.8. The number of thioether (sulfide) groups is 1. The van der Waals surface area contributed by atoms with Crippen LogP contribution in [0, 0.1) is 0 Å². The van der Waals surface area contributed by atoms with Gasteiger partial charge >= 0.3 is 0 Å². The van der Waals surface area contributed by atoms with Gasteiger partial charge in [0.15, 0.2) is 0 Å². The van der Waals surface area contributed by atoms with E-state index >= 15 is 0 Å². The van der Waals surface area contributed by atoms with Gasteiger partial charge in [0, 0.05) is 17.5 Å². The summed E-state index contributed by atoms with van der Waals surface area (Å²) in [7, 11) is 4.25. The molecule has 1 unspecified atom stereocenters. The lowest BCUT2D eigenvalue weighted by Gasteiger charge is -2.10. The molecule has 0 amide bonds. The van der Waals surface area contributed by atoms with E-state index in [9.17, 15) is 0 Å². The molecule has 0 aliphatic rings. The van der Waals surface area contributed by atoms with E-state index in [-0.39, 0.29) is 0 Å². The first-order chi connectivity index (χ1) is 6.66. The van der Waals surface area contributed by atoms with E-state index in [2.05, 4.69) is 49.9 Å². The van der Waals surface area contributed by atoms with Crippen LogP contribution in [0.3, 0.4) is 0 Å². The summed E-state index contributed by atoms with van der Waals surface area (Å²) >= 11 is 2.07. The number of hydrogen-bond donors (Lipinski definition) is 1. The number of rotatable bonds is 9. The first-order valence-corrected chi connectivity index (χ1v) is 6.68. The Balaban J connectivity index is 2.99. The van der Waals surface area contributed by atoms with E-state index in [0.29, 0.717) is 0 Å². The molecule has 0 aliphatic heterocycles. The molecule has 0 saturated carbocycles. The summed E-state index contributed by atoms with van der Waals surface area (Å²) in [4.78, 5) is 2.23. The van der Waals surface area contributed by atoms with E-state index in [0.717, 1.165) is 18.3 Å². The van der Waals surface area contributed by atoms with Gasteiger partial charge in [-0.2, -0.15) is 11.8 Å². The van der Waals surface area contributed by atoms with Crippen LogP contribution in [0.4, 0.5) is 0 Å². The minimum absolute atomic E-state index is 0.818. The maximum absolute atomic E-state index is 3.47. The van der Waals surface area contributed by atoms with Gasteiger partial charge in [-0.05, 0) is 40.0 Å². The lowest BCUT2D eigenvalue weighted by atomic mass is 10.4. The minimum atomic E-state index is 0.818. The van der Waals surface area contributed by atoms with Gasteiger partial charge in [-0.1, -0.05) is 13.8 Å². The Morgan fingerprint density at radius 1 is 1.29 bits per heavy atom. The summed E-state index contributed by atoms with van der Waals surface area (Å²) in [5.41, 5.74) is 0. The first kappa shape index (κ1) is 14.3. The normalized spacial score (nSPS) is 13.5. The third-order valence-corrected chi connectivity index (χ3v) is 3.56. The SMILES string of the molecule is CCC(C)SCCNCCCN(C)C. The van der Waals surface area contributed by atoms with Crippen LogP contribution in [0.15, 0.2) is 0 Å². The zero-order valence-corrected chi connectivity index (χ0v) is 11.0. The van der Waals surface area contributed by atoms with Gasteiger partial charge in [-0.25, -0.2) is 0 Å². The second kappa shape index (κ2) is 9.81. The van der Waals surface area contributed by atoms with E-state index in [1.54, 1.807) is 0 Å². The van der Waals surface area contributed by atoms with Crippen molar-refractivity contribution in [2.75, 3.05) is 39.5 Å². The molecule has 0 radical (unpaired) electrons. The average molecular weight is 218 g/mol. The van der Waals surface area contributed by atoms with Crippen molar-refractivity contribution in [3.63, 3.8) is 0 Å². The monoisotopic (exact) mass is 218 g/mol. The molecule has 14 heavy (non-hydrogen) atoms. The van der Waals surface area contributed by atoms with E-state index in [4.69, 9.17) is 0 Å². The molecule has 0 aliphatic carbocycles. The van der Waals surface area contributed by atoms with Crippen LogP contribution < -0.4 is 5.32 Å². The van der Waals surface area contributed by atoms with Crippen molar-refractivity contribution in [1.29, 1.82) is 0 Å². The Morgan fingerprint density at radius 2 is 2.00 bits per heavy atom. The van der Waals surface area contributed by atoms with Gasteiger partial charge in [0.2, 0.25) is 0 Å². The van der Waals surface area contributed by atoms with Gasteiger partial charge in [0.1, 0.15) is 0 Å². The molecule has 0 rings (SSSR count). The van der Waals surface area contributed by atoms with Gasteiger partial charge in [-0.3, -0.25) is 0 Å². The number of hydrogen-bond acceptors (Lipinski definition) is 3. The second-order valence-electron chi connectivity index (χ2n) is 4.00. The van der Waals surface area contributed by atoms with Gasteiger partial charge in [0.05, 0.1) is 0 Å². The zero-order valence-electron chi connectivity index (χ0n) is 10.2. The van der Waals surface area contributed by atoms with Crippen molar-refractivity contribution in [2.45, 2.75) is 31.9 Å². The topological polar surface area (TPSA) is 15.3 Å². The van der Waals surface area contributed by atoms with Crippen LogP contribution in [0.25, 0.3) is 0 Å². The van der Waals surface area contributed by atoms with Crippen LogP contribution in [-0.4, -0.2) is 49.6 Å². The Bertz CT molecular complexity index is 118. The maximum Gasteiger partial charge on any atom is 0.00607 e. The highest BCUT2D eigenvalue weighted by Crippen LogP contribution is 2.11. The summed E-state index contributed by atoms with van der Waals surface area (Å²) in [6.07, 6.45) is 2.53. The fourth-order valence-corrected chi connectivity index (χ4v) is 2.00. The third-order valence-electron chi connectivity index (χ3n) is 2.22. The molecule has 2 nitrogen and oxygen atoms in total. The molecule has 1 N–H and O–H groups in total. The second-order valence-corrected chi connectivity index (χ2v) is 5.54. The molecule has 0 spiro atoms. The Labute approximate surface area is 93.8 Å². The van der Waals surface area contributed by atoms with Gasteiger partial charge in [-0.15, -0.1) is 0 Å². The molecule has 1 atom stereocenters. The van der Waals surface area contributed by atoms with Gasteiger partial charge in [0.25, 0.3) is 0 Å². The molecule has 0 aromatic carbocycles. The summed E-state index contributed by atoms with van der Waals surface area (Å²) in [5, 5.41) is 4.29. The van der Waals surface area contributed by atoms with E-state index in [1.807, 2.05) is 0 Å². The highest BCUT2D eigenvalue weighted by atomic mass is 32.2. The van der Waals surface area contributed by atoms with Crippen molar-refractivity contribution in [3.8, 4) is 0 Å². The standard InChI is InChI=1S/C11H26N2S/c1-5-11(2)14-10-8-12-7-6-9-13(3)4/h11-12H,5-10H2,1-4H3. The summed E-state index contributed by atoms with van der Waals surface area (Å²) in [6, 6.07) is 0. The highest BCUT2D eigenvalue weighted by Gasteiger charge is 1.97. The Kier molecular flexibility index (Phi) is 10.0. The largest absolute Gasteiger partial charge is 0.316 e. The van der Waals surface area contributed by atoms with Crippen molar-refractivity contribution in [1.82, 2.24) is 10.2 Å². The smallest absolute Gasteiger partial charge is 0.00607 e. The lowest BCUT2D eigenvalue weighted by molar-refractivity contribution is 0.396. The molecular weight excluding hydrogens is 192 g/mol. The molecular formula is C11H26N2S. The fourth-order valence-electron chi connectivity index (χ4n) is 1.10. The molecule has 0 aromatic heterocycles. The van der Waals surface area contributed by atoms with Crippen LogP contribution in [-0.2, 0) is 0 Å². The predicted molar refractivity (Wildman–Crippen MR) is 68.3 cm³/mol. The molecule has 0 saturated heterocycles. The molecule has 0 bridgehead atoms. The quantitative estimate of drug-likeness (QED) is 0.596. The van der Waals surface area contributed by atoms with Crippen molar-refractivity contribution in [3.05, 3.63) is 0 Å². The Morgan fingerprint density at radius 3 is 2.57 bits per heavy atom. The first-order valence-electron chi connectivity index (χ1n) is 5.63. The lowest BCUT2D eigenvalue weighted by Crippen LogP contribution is -2.23. The van der Waals surface area contributed by atoms with Crippen LogP contribution in [0.1, 0.15) is 26.7 Å². The molecule has 3 heteroatoms. The number of nitrogens with zero attached hydrogens (tertiary/aromatic N) is 1. The van der Waals surface area contributed by atoms with Gasteiger partial charge < -0.3 is 10.2 Å².